The highest BCUT2D eigenvalue weighted by atomic mass is 127. The Morgan fingerprint density at radius 2 is 2.27 bits per heavy atom. The van der Waals surface area contributed by atoms with E-state index >= 15 is 0 Å². The van der Waals surface area contributed by atoms with Crippen LogP contribution in [0.25, 0.3) is 11.4 Å². The average Bonchev–Trinajstić information content (AvgIpc) is 2.66. The molecule has 0 unspecified atom stereocenters. The summed E-state index contributed by atoms with van der Waals surface area (Å²) in [5, 5.41) is 0. The molecule has 2 aromatic rings. The number of aldehydes is 1. The Hall–Kier alpha value is -0.690. The lowest BCUT2D eigenvalue weighted by Crippen LogP contribution is -1.86. The molecule has 1 N–H and O–H groups in total. The standard InChI is InChI=1S/C10H6BrIN2O/c11-6-1-2-8(9(12)3-6)10-13-4-7(5-15)14-10/h1-5H,(H,13,14). The Morgan fingerprint density at radius 1 is 1.47 bits per heavy atom. The van der Waals surface area contributed by atoms with Crippen molar-refractivity contribution < 1.29 is 4.79 Å². The van der Waals surface area contributed by atoms with Crippen molar-refractivity contribution in [3.05, 3.63) is 38.1 Å². The number of rotatable bonds is 2. The van der Waals surface area contributed by atoms with Crippen LogP contribution in [0.4, 0.5) is 0 Å². The zero-order valence-electron chi connectivity index (χ0n) is 7.50. The summed E-state index contributed by atoms with van der Waals surface area (Å²) in [6.45, 7) is 0. The molecule has 76 valence electrons. The lowest BCUT2D eigenvalue weighted by molar-refractivity contribution is 0.111. The Labute approximate surface area is 109 Å². The van der Waals surface area contributed by atoms with Crippen LogP contribution in [-0.2, 0) is 0 Å². The maximum Gasteiger partial charge on any atom is 0.167 e. The number of H-pyrrole nitrogens is 1. The number of carbonyl (C=O) groups is 1. The number of halogens is 2. The fraction of sp³-hybridized carbons (Fsp3) is 0. The van der Waals surface area contributed by atoms with Gasteiger partial charge in [0.25, 0.3) is 0 Å². The zero-order chi connectivity index (χ0) is 10.8. The summed E-state index contributed by atoms with van der Waals surface area (Å²) < 4.78 is 2.10. The van der Waals surface area contributed by atoms with Crippen LogP contribution < -0.4 is 0 Å². The molecule has 0 atom stereocenters. The maximum atomic E-state index is 10.5. The van der Waals surface area contributed by atoms with Gasteiger partial charge in [0.2, 0.25) is 0 Å². The van der Waals surface area contributed by atoms with Crippen LogP contribution in [-0.4, -0.2) is 16.3 Å². The Kier molecular flexibility index (Phi) is 3.20. The molecule has 0 bridgehead atoms. The monoisotopic (exact) mass is 376 g/mol. The fourth-order valence-electron chi connectivity index (χ4n) is 1.21. The third kappa shape index (κ3) is 2.28. The molecule has 0 aliphatic rings. The van der Waals surface area contributed by atoms with E-state index in [9.17, 15) is 4.79 Å². The second-order valence-electron chi connectivity index (χ2n) is 2.93. The number of aromatic amines is 1. The predicted molar refractivity (Wildman–Crippen MR) is 69.8 cm³/mol. The topological polar surface area (TPSA) is 45.8 Å². The van der Waals surface area contributed by atoms with Crippen LogP contribution in [0.3, 0.4) is 0 Å². The quantitative estimate of drug-likeness (QED) is 0.646. The molecule has 0 saturated heterocycles. The maximum absolute atomic E-state index is 10.5. The lowest BCUT2D eigenvalue weighted by Gasteiger charge is -2.01. The van der Waals surface area contributed by atoms with E-state index in [1.807, 2.05) is 18.2 Å². The summed E-state index contributed by atoms with van der Waals surface area (Å²) >= 11 is 5.63. The van der Waals surface area contributed by atoms with Gasteiger partial charge in [-0.3, -0.25) is 4.79 Å². The molecule has 0 aliphatic carbocycles. The average molecular weight is 377 g/mol. The van der Waals surface area contributed by atoms with Crippen molar-refractivity contribution in [2.75, 3.05) is 0 Å². The van der Waals surface area contributed by atoms with Gasteiger partial charge in [-0.1, -0.05) is 15.9 Å². The van der Waals surface area contributed by atoms with Gasteiger partial charge in [-0.25, -0.2) is 4.98 Å². The summed E-state index contributed by atoms with van der Waals surface area (Å²) in [6.07, 6.45) is 2.28. The summed E-state index contributed by atoms with van der Waals surface area (Å²) in [6, 6.07) is 5.90. The largest absolute Gasteiger partial charge is 0.336 e. The van der Waals surface area contributed by atoms with Crippen molar-refractivity contribution >= 4 is 44.8 Å². The van der Waals surface area contributed by atoms with Gasteiger partial charge in [-0.2, -0.15) is 0 Å². The van der Waals surface area contributed by atoms with E-state index in [1.54, 1.807) is 0 Å². The van der Waals surface area contributed by atoms with Crippen molar-refractivity contribution in [1.82, 2.24) is 9.97 Å². The van der Waals surface area contributed by atoms with Crippen molar-refractivity contribution in [2.45, 2.75) is 0 Å². The molecule has 0 radical (unpaired) electrons. The molecular formula is C10H6BrIN2O. The third-order valence-electron chi connectivity index (χ3n) is 1.91. The summed E-state index contributed by atoms with van der Waals surface area (Å²) in [4.78, 5) is 17.6. The van der Waals surface area contributed by atoms with Crippen molar-refractivity contribution in [1.29, 1.82) is 0 Å². The first-order chi connectivity index (χ1) is 7.20. The van der Waals surface area contributed by atoms with Crippen molar-refractivity contribution in [3.63, 3.8) is 0 Å². The van der Waals surface area contributed by atoms with Crippen molar-refractivity contribution in [2.24, 2.45) is 0 Å². The minimum Gasteiger partial charge on any atom is -0.336 e. The van der Waals surface area contributed by atoms with Crippen LogP contribution in [0.2, 0.25) is 0 Å². The van der Waals surface area contributed by atoms with E-state index in [0.717, 1.165) is 19.9 Å². The van der Waals surface area contributed by atoms with Crippen LogP contribution in [0.5, 0.6) is 0 Å². The van der Waals surface area contributed by atoms with E-state index in [4.69, 9.17) is 0 Å². The predicted octanol–water partition coefficient (Wildman–Crippen LogP) is 3.26. The number of hydrogen-bond acceptors (Lipinski definition) is 2. The minimum absolute atomic E-state index is 0.490. The molecule has 0 amide bonds. The first kappa shape index (κ1) is 10.8. The first-order valence-corrected chi connectivity index (χ1v) is 6.03. The second kappa shape index (κ2) is 4.44. The van der Waals surface area contributed by atoms with Crippen LogP contribution in [0.1, 0.15) is 10.5 Å². The molecule has 15 heavy (non-hydrogen) atoms. The number of nitrogens with zero attached hydrogens (tertiary/aromatic N) is 1. The highest BCUT2D eigenvalue weighted by molar-refractivity contribution is 14.1. The molecule has 5 heteroatoms. The number of benzene rings is 1. The Bertz CT molecular complexity index is 510. The van der Waals surface area contributed by atoms with Gasteiger partial charge in [0.05, 0.1) is 11.9 Å². The molecular weight excluding hydrogens is 371 g/mol. The SMILES string of the molecule is O=Cc1cnc(-c2ccc(Br)cc2I)[nH]1. The molecule has 0 spiro atoms. The van der Waals surface area contributed by atoms with Crippen molar-refractivity contribution in [3.8, 4) is 11.4 Å². The molecule has 0 saturated carbocycles. The molecule has 2 rings (SSSR count). The van der Waals surface area contributed by atoms with Crippen LogP contribution in [0.15, 0.2) is 28.9 Å². The van der Waals surface area contributed by atoms with Gasteiger partial charge in [0, 0.05) is 13.6 Å². The number of aromatic nitrogens is 2. The molecule has 1 aromatic carbocycles. The lowest BCUT2D eigenvalue weighted by atomic mass is 10.2. The summed E-state index contributed by atoms with van der Waals surface area (Å²) in [7, 11) is 0. The Balaban J connectivity index is 2.49. The smallest absolute Gasteiger partial charge is 0.167 e. The normalized spacial score (nSPS) is 10.3. The van der Waals surface area contributed by atoms with E-state index in [-0.39, 0.29) is 0 Å². The van der Waals surface area contributed by atoms with Crippen LogP contribution >= 0.6 is 38.5 Å². The van der Waals surface area contributed by atoms with E-state index in [2.05, 4.69) is 48.5 Å². The molecule has 0 fully saturated rings. The number of imidazole rings is 1. The van der Waals surface area contributed by atoms with Gasteiger partial charge in [-0.15, -0.1) is 0 Å². The van der Waals surface area contributed by atoms with Gasteiger partial charge < -0.3 is 4.98 Å². The van der Waals surface area contributed by atoms with E-state index in [1.165, 1.54) is 6.20 Å². The highest BCUT2D eigenvalue weighted by Gasteiger charge is 2.07. The number of hydrogen-bond donors (Lipinski definition) is 1. The minimum atomic E-state index is 0.490. The zero-order valence-corrected chi connectivity index (χ0v) is 11.2. The molecule has 1 heterocycles. The second-order valence-corrected chi connectivity index (χ2v) is 5.01. The molecule has 1 aromatic heterocycles. The fourth-order valence-corrected chi connectivity index (χ4v) is 2.77. The van der Waals surface area contributed by atoms with E-state index in [0.29, 0.717) is 11.5 Å². The first-order valence-electron chi connectivity index (χ1n) is 4.16. The van der Waals surface area contributed by atoms with Gasteiger partial charge in [-0.05, 0) is 40.8 Å². The van der Waals surface area contributed by atoms with Gasteiger partial charge >= 0.3 is 0 Å². The van der Waals surface area contributed by atoms with Crippen LogP contribution in [0, 0.1) is 3.57 Å². The summed E-state index contributed by atoms with van der Waals surface area (Å²) in [5.41, 5.74) is 1.48. The van der Waals surface area contributed by atoms with E-state index < -0.39 is 0 Å². The number of carbonyl (C=O) groups excluding carboxylic acids is 1. The van der Waals surface area contributed by atoms with Gasteiger partial charge in [0.1, 0.15) is 5.82 Å². The number of nitrogens with one attached hydrogen (secondary N) is 1. The van der Waals surface area contributed by atoms with Gasteiger partial charge in [0.15, 0.2) is 6.29 Å². The Morgan fingerprint density at radius 3 is 2.87 bits per heavy atom. The molecule has 3 nitrogen and oxygen atoms in total. The highest BCUT2D eigenvalue weighted by Crippen LogP contribution is 2.25. The third-order valence-corrected chi connectivity index (χ3v) is 3.29. The summed E-state index contributed by atoms with van der Waals surface area (Å²) in [5.74, 6) is 0.717. The molecule has 0 aliphatic heterocycles.